The van der Waals surface area contributed by atoms with E-state index in [1.807, 2.05) is 13.8 Å². The molecule has 0 aromatic carbocycles. The monoisotopic (exact) mass is 310 g/mol. The minimum Gasteiger partial charge on any atom is -0.483 e. The number of methoxy groups -OCH3 is 2. The van der Waals surface area contributed by atoms with Crippen LogP contribution in [0.1, 0.15) is 20.3 Å². The highest BCUT2D eigenvalue weighted by Crippen LogP contribution is 2.20. The van der Waals surface area contributed by atoms with Crippen LogP contribution in [-0.2, 0) is 14.2 Å². The summed E-state index contributed by atoms with van der Waals surface area (Å²) in [4.78, 5) is 8.79. The number of halogens is 3. The maximum Gasteiger partial charge on any atom is 0.411 e. The molecule has 0 N–H and O–H groups in total. The summed E-state index contributed by atoms with van der Waals surface area (Å²) in [5.41, 5.74) is 0. The van der Waals surface area contributed by atoms with Crippen molar-refractivity contribution in [3.05, 3.63) is 0 Å². The highest BCUT2D eigenvalue weighted by atomic mass is 19.4. The number of aliphatic imine (C=N–C) groups is 2. The number of hydrogen-bond acceptors (Lipinski definition) is 5. The standard InChI is InChI=1S/C13H21F3N2O3/c1-8(2)10-12(20-4)17-9(11(18-10)19-3)5-6-21-7-13(14,15)16/h8-10H,5-7H2,1-4H3/t9?,10-/m1/s1. The van der Waals surface area contributed by atoms with Crippen molar-refractivity contribution >= 4 is 11.8 Å². The zero-order valence-electron chi connectivity index (χ0n) is 12.6. The lowest BCUT2D eigenvalue weighted by Gasteiger charge is -2.27. The number of ether oxygens (including phenoxy) is 3. The van der Waals surface area contributed by atoms with Gasteiger partial charge < -0.3 is 14.2 Å². The third-order valence-corrected chi connectivity index (χ3v) is 2.94. The maximum absolute atomic E-state index is 12.0. The lowest BCUT2D eigenvalue weighted by molar-refractivity contribution is -0.174. The van der Waals surface area contributed by atoms with Crippen molar-refractivity contribution in [2.75, 3.05) is 27.4 Å². The smallest absolute Gasteiger partial charge is 0.411 e. The Bertz CT molecular complexity index is 395. The molecule has 0 saturated carbocycles. The van der Waals surface area contributed by atoms with E-state index in [9.17, 15) is 13.2 Å². The van der Waals surface area contributed by atoms with Gasteiger partial charge in [0, 0.05) is 13.0 Å². The van der Waals surface area contributed by atoms with Crippen molar-refractivity contribution in [3.63, 3.8) is 0 Å². The lowest BCUT2D eigenvalue weighted by atomic mass is 10.0. The summed E-state index contributed by atoms with van der Waals surface area (Å²) in [5.74, 6) is 1.04. The van der Waals surface area contributed by atoms with Gasteiger partial charge in [-0.05, 0) is 5.92 Å². The number of alkyl halides is 3. The molecule has 1 heterocycles. The van der Waals surface area contributed by atoms with Crippen LogP contribution in [0.4, 0.5) is 13.2 Å². The summed E-state index contributed by atoms with van der Waals surface area (Å²) < 4.78 is 51.0. The van der Waals surface area contributed by atoms with E-state index in [0.29, 0.717) is 11.8 Å². The second kappa shape index (κ2) is 7.63. The van der Waals surface area contributed by atoms with E-state index in [-0.39, 0.29) is 25.0 Å². The largest absolute Gasteiger partial charge is 0.483 e. The summed E-state index contributed by atoms with van der Waals surface area (Å²) in [5, 5.41) is 0. The van der Waals surface area contributed by atoms with E-state index >= 15 is 0 Å². The molecule has 1 aliphatic rings. The van der Waals surface area contributed by atoms with Crippen molar-refractivity contribution in [1.29, 1.82) is 0 Å². The highest BCUT2D eigenvalue weighted by Gasteiger charge is 2.31. The van der Waals surface area contributed by atoms with Crippen LogP contribution in [0.5, 0.6) is 0 Å². The molecule has 122 valence electrons. The summed E-state index contributed by atoms with van der Waals surface area (Å²) >= 11 is 0. The fourth-order valence-corrected chi connectivity index (χ4v) is 1.93. The van der Waals surface area contributed by atoms with Gasteiger partial charge in [-0.1, -0.05) is 13.8 Å². The van der Waals surface area contributed by atoms with E-state index in [1.54, 1.807) is 0 Å². The molecule has 0 aromatic heterocycles. The van der Waals surface area contributed by atoms with Gasteiger partial charge in [0.25, 0.3) is 0 Å². The fourth-order valence-electron chi connectivity index (χ4n) is 1.93. The third-order valence-electron chi connectivity index (χ3n) is 2.94. The van der Waals surface area contributed by atoms with Crippen molar-refractivity contribution < 1.29 is 27.4 Å². The number of nitrogens with zero attached hydrogens (tertiary/aromatic N) is 2. The molecule has 0 bridgehead atoms. The number of rotatable bonds is 5. The zero-order valence-corrected chi connectivity index (χ0v) is 12.6. The molecule has 5 nitrogen and oxygen atoms in total. The van der Waals surface area contributed by atoms with Crippen molar-refractivity contribution in [3.8, 4) is 0 Å². The van der Waals surface area contributed by atoms with Crippen LogP contribution in [0.3, 0.4) is 0 Å². The van der Waals surface area contributed by atoms with Gasteiger partial charge in [-0.3, -0.25) is 0 Å². The average molecular weight is 310 g/mol. The first-order valence-corrected chi connectivity index (χ1v) is 6.66. The third kappa shape index (κ3) is 5.53. The van der Waals surface area contributed by atoms with Gasteiger partial charge in [0.2, 0.25) is 11.8 Å². The first kappa shape index (κ1) is 17.7. The zero-order chi connectivity index (χ0) is 16.0. The summed E-state index contributed by atoms with van der Waals surface area (Å²) in [7, 11) is 2.96. The Labute approximate surface area is 122 Å². The Morgan fingerprint density at radius 1 is 1.10 bits per heavy atom. The molecule has 0 fully saturated rings. The maximum atomic E-state index is 12.0. The summed E-state index contributed by atoms with van der Waals surface area (Å²) in [6.45, 7) is 2.60. The molecule has 0 radical (unpaired) electrons. The SMILES string of the molecule is COC1=N[C@H](C(C)C)C(OC)=NC1CCOCC(F)(F)F. The van der Waals surface area contributed by atoms with Crippen molar-refractivity contribution in [2.24, 2.45) is 15.9 Å². The minimum atomic E-state index is -4.32. The molecule has 0 spiro atoms. The normalized spacial score (nSPS) is 22.9. The molecule has 0 amide bonds. The predicted molar refractivity (Wildman–Crippen MR) is 72.8 cm³/mol. The molecule has 0 aromatic rings. The van der Waals surface area contributed by atoms with E-state index in [1.165, 1.54) is 14.2 Å². The Morgan fingerprint density at radius 2 is 1.71 bits per heavy atom. The van der Waals surface area contributed by atoms with Crippen molar-refractivity contribution in [2.45, 2.75) is 38.5 Å². The molecular formula is C13H21F3N2O3. The predicted octanol–water partition coefficient (Wildman–Crippen LogP) is 2.45. The van der Waals surface area contributed by atoms with Crippen LogP contribution >= 0.6 is 0 Å². The highest BCUT2D eigenvalue weighted by molar-refractivity contribution is 5.94. The van der Waals surface area contributed by atoms with Crippen LogP contribution < -0.4 is 0 Å². The van der Waals surface area contributed by atoms with Gasteiger partial charge in [0.1, 0.15) is 18.7 Å². The Balaban J connectivity index is 2.64. The van der Waals surface area contributed by atoms with E-state index in [4.69, 9.17) is 9.47 Å². The fraction of sp³-hybridized carbons (Fsp3) is 0.846. The molecule has 1 unspecified atom stereocenters. The van der Waals surface area contributed by atoms with Crippen LogP contribution in [-0.4, -0.2) is 57.5 Å². The van der Waals surface area contributed by atoms with Gasteiger partial charge in [-0.15, -0.1) is 0 Å². The van der Waals surface area contributed by atoms with Gasteiger partial charge >= 0.3 is 6.18 Å². The van der Waals surface area contributed by atoms with E-state index in [0.717, 1.165) is 0 Å². The molecule has 8 heteroatoms. The second-order valence-electron chi connectivity index (χ2n) is 5.00. The lowest BCUT2D eigenvalue weighted by Crippen LogP contribution is -2.38. The van der Waals surface area contributed by atoms with Crippen LogP contribution in [0.2, 0.25) is 0 Å². The van der Waals surface area contributed by atoms with Crippen molar-refractivity contribution in [1.82, 2.24) is 0 Å². The van der Waals surface area contributed by atoms with E-state index in [2.05, 4.69) is 14.7 Å². The summed E-state index contributed by atoms with van der Waals surface area (Å²) in [6.07, 6.45) is -4.07. The summed E-state index contributed by atoms with van der Waals surface area (Å²) in [6, 6.07) is -0.717. The molecule has 0 aliphatic carbocycles. The molecule has 2 atom stereocenters. The molecule has 21 heavy (non-hydrogen) atoms. The Hall–Kier alpha value is -1.31. The first-order chi connectivity index (χ1) is 9.78. The van der Waals surface area contributed by atoms with Gasteiger partial charge in [0.05, 0.1) is 14.2 Å². The van der Waals surface area contributed by atoms with E-state index < -0.39 is 18.8 Å². The second-order valence-corrected chi connectivity index (χ2v) is 5.00. The molecule has 1 aliphatic heterocycles. The average Bonchev–Trinajstić information content (AvgIpc) is 2.41. The van der Waals surface area contributed by atoms with Crippen LogP contribution in [0, 0.1) is 5.92 Å². The topological polar surface area (TPSA) is 52.4 Å². The van der Waals surface area contributed by atoms with Gasteiger partial charge in [0.15, 0.2) is 0 Å². The molecule has 0 saturated heterocycles. The Morgan fingerprint density at radius 3 is 2.19 bits per heavy atom. The Kier molecular flexibility index (Phi) is 6.44. The van der Waals surface area contributed by atoms with Crippen LogP contribution in [0.25, 0.3) is 0 Å². The van der Waals surface area contributed by atoms with Gasteiger partial charge in [-0.25, -0.2) is 9.98 Å². The van der Waals surface area contributed by atoms with Crippen LogP contribution in [0.15, 0.2) is 9.98 Å². The molecule has 1 rings (SSSR count). The first-order valence-electron chi connectivity index (χ1n) is 6.66. The minimum absolute atomic E-state index is 0.0839. The van der Waals surface area contributed by atoms with Gasteiger partial charge in [-0.2, -0.15) is 13.2 Å². The quantitative estimate of drug-likeness (QED) is 0.733. The molecular weight excluding hydrogens is 289 g/mol. The number of hydrogen-bond donors (Lipinski definition) is 0.